The van der Waals surface area contributed by atoms with E-state index >= 15 is 0 Å². The number of rotatable bonds is 9. The van der Waals surface area contributed by atoms with Crippen LogP contribution < -0.4 is 0 Å². The quantitative estimate of drug-likeness (QED) is 0.254. The second kappa shape index (κ2) is 12.8. The molecule has 34 heavy (non-hydrogen) atoms. The first-order valence-electron chi connectivity index (χ1n) is 11.5. The first-order valence-corrected chi connectivity index (χ1v) is 11.5. The lowest BCUT2D eigenvalue weighted by atomic mass is 9.99. The molecule has 0 heterocycles. The summed E-state index contributed by atoms with van der Waals surface area (Å²) in [5, 5.41) is 9.33. The van der Waals surface area contributed by atoms with E-state index in [4.69, 9.17) is 0 Å². The molecule has 0 radical (unpaired) electrons. The summed E-state index contributed by atoms with van der Waals surface area (Å²) >= 11 is 0. The molecule has 2 aromatic carbocycles. The number of carbonyl (C=O) groups excluding carboxylic acids is 1. The van der Waals surface area contributed by atoms with Crippen LogP contribution in [0.1, 0.15) is 80.7 Å². The Balaban J connectivity index is 2.19. The maximum Gasteiger partial charge on any atom is 0.416 e. The van der Waals surface area contributed by atoms with Crippen molar-refractivity contribution < 1.29 is 27.9 Å². The zero-order chi connectivity index (χ0) is 25.1. The Morgan fingerprint density at radius 1 is 0.971 bits per heavy atom. The average molecular weight is 474 g/mol. The van der Waals surface area contributed by atoms with Crippen LogP contribution in [0.4, 0.5) is 13.2 Å². The van der Waals surface area contributed by atoms with Crippen molar-refractivity contribution in [2.45, 2.75) is 71.1 Å². The van der Waals surface area contributed by atoms with Gasteiger partial charge in [0, 0.05) is 18.5 Å². The van der Waals surface area contributed by atoms with Crippen LogP contribution in [0.2, 0.25) is 0 Å². The third kappa shape index (κ3) is 7.95. The van der Waals surface area contributed by atoms with Crippen LogP contribution in [0.25, 0.3) is 0 Å². The number of alkyl halides is 3. The van der Waals surface area contributed by atoms with Gasteiger partial charge in [-0.2, -0.15) is 13.2 Å². The van der Waals surface area contributed by atoms with Gasteiger partial charge in [-0.15, -0.1) is 0 Å². The number of benzene rings is 2. The molecule has 0 bridgehead atoms. The number of amides is 1. The molecule has 0 saturated carbocycles. The smallest absolute Gasteiger partial charge is 0.416 e. The van der Waals surface area contributed by atoms with E-state index in [1.165, 1.54) is 29.9 Å². The molecule has 1 N–H and O–H groups in total. The molecule has 182 valence electrons. The number of aliphatic carboxylic acids is 1. The SMILES string of the molecule is CCCCCCC#Cc1ccc(CN(C(=O)C(=O)O)C(CC)c2ccc(C(F)(F)F)cc2)cc1. The largest absolute Gasteiger partial charge is 0.474 e. The van der Waals surface area contributed by atoms with Crippen molar-refractivity contribution in [1.29, 1.82) is 0 Å². The summed E-state index contributed by atoms with van der Waals surface area (Å²) in [5.74, 6) is 3.53. The molecule has 2 aromatic rings. The molecule has 0 aliphatic carbocycles. The average Bonchev–Trinajstić information content (AvgIpc) is 2.81. The summed E-state index contributed by atoms with van der Waals surface area (Å²) in [5.41, 5.74) is 1.17. The van der Waals surface area contributed by atoms with Crippen LogP contribution in [-0.2, 0) is 22.3 Å². The fourth-order valence-electron chi connectivity index (χ4n) is 3.67. The lowest BCUT2D eigenvalue weighted by Gasteiger charge is -2.30. The van der Waals surface area contributed by atoms with Crippen LogP contribution in [0.15, 0.2) is 48.5 Å². The zero-order valence-corrected chi connectivity index (χ0v) is 19.5. The number of hydrogen-bond acceptors (Lipinski definition) is 2. The van der Waals surface area contributed by atoms with E-state index < -0.39 is 29.7 Å². The monoisotopic (exact) mass is 473 g/mol. The molecular weight excluding hydrogens is 443 g/mol. The zero-order valence-electron chi connectivity index (χ0n) is 19.5. The molecule has 0 fully saturated rings. The number of carboxylic acid groups (broad SMARTS) is 1. The molecule has 0 spiro atoms. The minimum Gasteiger partial charge on any atom is -0.474 e. The number of unbranched alkanes of at least 4 members (excludes halogenated alkanes) is 4. The predicted octanol–water partition coefficient (Wildman–Crippen LogP) is 6.59. The van der Waals surface area contributed by atoms with Crippen LogP contribution >= 0.6 is 0 Å². The Bertz CT molecular complexity index is 1000. The lowest BCUT2D eigenvalue weighted by molar-refractivity contribution is -0.157. The van der Waals surface area contributed by atoms with E-state index in [1.54, 1.807) is 19.1 Å². The first-order chi connectivity index (χ1) is 16.2. The lowest BCUT2D eigenvalue weighted by Crippen LogP contribution is -2.38. The Labute approximate surface area is 198 Å². The van der Waals surface area contributed by atoms with Crippen molar-refractivity contribution >= 4 is 11.9 Å². The third-order valence-electron chi connectivity index (χ3n) is 5.52. The standard InChI is InChI=1S/C27H30F3NO3/c1-3-5-6-7-8-9-10-20-11-13-21(14-12-20)19-31(25(32)26(33)34)24(4-2)22-15-17-23(18-16-22)27(28,29)30/h11-18,24H,3-8,19H2,1-2H3,(H,33,34). The van der Waals surface area contributed by atoms with Gasteiger partial charge in [-0.1, -0.05) is 69.2 Å². The highest BCUT2D eigenvalue weighted by atomic mass is 19.4. The van der Waals surface area contributed by atoms with Gasteiger partial charge >= 0.3 is 18.1 Å². The Morgan fingerprint density at radius 3 is 2.15 bits per heavy atom. The molecule has 0 aliphatic rings. The summed E-state index contributed by atoms with van der Waals surface area (Å²) in [4.78, 5) is 25.1. The van der Waals surface area contributed by atoms with Crippen LogP contribution in [-0.4, -0.2) is 21.9 Å². The first kappa shape index (κ1) is 27.0. The summed E-state index contributed by atoms with van der Waals surface area (Å²) in [7, 11) is 0. The normalized spacial score (nSPS) is 11.9. The summed E-state index contributed by atoms with van der Waals surface area (Å²) in [6, 6.07) is 11.0. The third-order valence-corrected chi connectivity index (χ3v) is 5.52. The summed E-state index contributed by atoms with van der Waals surface area (Å²) < 4.78 is 38.7. The van der Waals surface area contributed by atoms with Gasteiger partial charge in [-0.05, 0) is 48.2 Å². The molecule has 1 amide bonds. The van der Waals surface area contributed by atoms with E-state index in [9.17, 15) is 27.9 Å². The molecule has 0 saturated heterocycles. The van der Waals surface area contributed by atoms with Gasteiger partial charge in [0.1, 0.15) is 0 Å². The molecule has 1 atom stereocenters. The van der Waals surface area contributed by atoms with Crippen molar-refractivity contribution in [3.8, 4) is 11.8 Å². The molecule has 0 aliphatic heterocycles. The van der Waals surface area contributed by atoms with E-state index in [0.29, 0.717) is 17.5 Å². The van der Waals surface area contributed by atoms with E-state index in [1.807, 2.05) is 12.1 Å². The number of halogens is 3. The second-order valence-corrected chi connectivity index (χ2v) is 8.09. The van der Waals surface area contributed by atoms with Crippen LogP contribution in [0.3, 0.4) is 0 Å². The number of carbonyl (C=O) groups is 2. The minimum absolute atomic E-state index is 0.00931. The van der Waals surface area contributed by atoms with Crippen molar-refractivity contribution in [3.63, 3.8) is 0 Å². The summed E-state index contributed by atoms with van der Waals surface area (Å²) in [6.45, 7) is 3.92. The van der Waals surface area contributed by atoms with Gasteiger partial charge in [0.15, 0.2) is 0 Å². The van der Waals surface area contributed by atoms with E-state index in [2.05, 4.69) is 18.8 Å². The van der Waals surface area contributed by atoms with E-state index in [0.717, 1.165) is 37.0 Å². The van der Waals surface area contributed by atoms with Gasteiger partial charge in [-0.3, -0.25) is 4.79 Å². The van der Waals surface area contributed by atoms with Crippen LogP contribution in [0, 0.1) is 11.8 Å². The van der Waals surface area contributed by atoms with Crippen molar-refractivity contribution in [2.24, 2.45) is 0 Å². The predicted molar refractivity (Wildman–Crippen MR) is 125 cm³/mol. The van der Waals surface area contributed by atoms with Gasteiger partial charge in [0.05, 0.1) is 11.6 Å². The van der Waals surface area contributed by atoms with Crippen molar-refractivity contribution in [3.05, 3.63) is 70.8 Å². The molecular formula is C27H30F3NO3. The van der Waals surface area contributed by atoms with Gasteiger partial charge in [-0.25, -0.2) is 4.79 Å². The molecule has 4 nitrogen and oxygen atoms in total. The fourth-order valence-corrected chi connectivity index (χ4v) is 3.67. The Morgan fingerprint density at radius 2 is 1.62 bits per heavy atom. The highest BCUT2D eigenvalue weighted by molar-refractivity contribution is 6.31. The Kier molecular flexibility index (Phi) is 10.2. The highest BCUT2D eigenvalue weighted by Gasteiger charge is 2.32. The minimum atomic E-state index is -4.48. The maximum atomic E-state index is 12.9. The van der Waals surface area contributed by atoms with E-state index in [-0.39, 0.29) is 6.54 Å². The number of nitrogens with zero attached hydrogens (tertiary/aromatic N) is 1. The Hall–Kier alpha value is -3.27. The number of carboxylic acids is 1. The molecule has 0 aromatic heterocycles. The number of hydrogen-bond donors (Lipinski definition) is 1. The topological polar surface area (TPSA) is 57.6 Å². The maximum absolute atomic E-state index is 12.9. The van der Waals surface area contributed by atoms with Crippen molar-refractivity contribution in [2.75, 3.05) is 0 Å². The second-order valence-electron chi connectivity index (χ2n) is 8.09. The molecule has 2 rings (SSSR count). The van der Waals surface area contributed by atoms with Gasteiger partial charge < -0.3 is 10.0 Å². The summed E-state index contributed by atoms with van der Waals surface area (Å²) in [6.07, 6.45) is 1.29. The van der Waals surface area contributed by atoms with Gasteiger partial charge in [0.25, 0.3) is 0 Å². The highest BCUT2D eigenvalue weighted by Crippen LogP contribution is 2.32. The van der Waals surface area contributed by atoms with Crippen molar-refractivity contribution in [1.82, 2.24) is 4.90 Å². The van der Waals surface area contributed by atoms with Gasteiger partial charge in [0.2, 0.25) is 0 Å². The molecule has 1 unspecified atom stereocenters. The van der Waals surface area contributed by atoms with Crippen LogP contribution in [0.5, 0.6) is 0 Å². The fraction of sp³-hybridized carbons (Fsp3) is 0.407. The molecule has 7 heteroatoms.